The van der Waals surface area contributed by atoms with Crippen LogP contribution < -0.4 is 5.32 Å². The van der Waals surface area contributed by atoms with E-state index in [2.05, 4.69) is 21.8 Å². The molecule has 0 aliphatic carbocycles. The Hall–Kier alpha value is -0.430. The molecule has 0 saturated heterocycles. The Balaban J connectivity index is 1.94. The van der Waals surface area contributed by atoms with Gasteiger partial charge in [0.25, 0.3) is 0 Å². The highest BCUT2D eigenvalue weighted by atomic mass is 35.5. The second-order valence-electron chi connectivity index (χ2n) is 3.35. The SMILES string of the molecule is CSCCSc1nnc(Nc2cccc(Cl)c2)s1. The van der Waals surface area contributed by atoms with E-state index in [0.29, 0.717) is 5.02 Å². The Bertz CT molecular complexity index is 504. The number of hydrogen-bond donors (Lipinski definition) is 1. The zero-order chi connectivity index (χ0) is 12.8. The minimum absolute atomic E-state index is 0.707. The van der Waals surface area contributed by atoms with Gasteiger partial charge in [-0.2, -0.15) is 11.8 Å². The van der Waals surface area contributed by atoms with E-state index in [4.69, 9.17) is 11.6 Å². The number of aromatic nitrogens is 2. The van der Waals surface area contributed by atoms with Crippen LogP contribution in [0, 0.1) is 0 Å². The number of nitrogens with zero attached hydrogens (tertiary/aromatic N) is 2. The molecule has 0 radical (unpaired) electrons. The Morgan fingerprint density at radius 2 is 2.22 bits per heavy atom. The predicted molar refractivity (Wildman–Crippen MR) is 83.7 cm³/mol. The number of nitrogens with one attached hydrogen (secondary N) is 1. The van der Waals surface area contributed by atoms with E-state index in [1.807, 2.05) is 36.0 Å². The monoisotopic (exact) mass is 317 g/mol. The fourth-order valence-corrected chi connectivity index (χ4v) is 3.90. The number of halogens is 1. The first-order chi connectivity index (χ1) is 8.78. The van der Waals surface area contributed by atoms with Gasteiger partial charge in [-0.05, 0) is 24.5 Å². The minimum atomic E-state index is 0.707. The molecule has 1 heterocycles. The van der Waals surface area contributed by atoms with E-state index in [9.17, 15) is 0 Å². The average molecular weight is 318 g/mol. The molecule has 18 heavy (non-hydrogen) atoms. The van der Waals surface area contributed by atoms with Crippen molar-refractivity contribution in [2.24, 2.45) is 0 Å². The summed E-state index contributed by atoms with van der Waals surface area (Å²) in [6.07, 6.45) is 2.10. The molecule has 1 N–H and O–H groups in total. The molecular weight excluding hydrogens is 306 g/mol. The van der Waals surface area contributed by atoms with Gasteiger partial charge in [0.2, 0.25) is 5.13 Å². The number of hydrogen-bond acceptors (Lipinski definition) is 6. The molecule has 0 unspecified atom stereocenters. The number of rotatable bonds is 6. The Morgan fingerprint density at radius 1 is 1.33 bits per heavy atom. The van der Waals surface area contributed by atoms with Gasteiger partial charge in [0.05, 0.1) is 0 Å². The van der Waals surface area contributed by atoms with Crippen molar-refractivity contribution in [1.82, 2.24) is 10.2 Å². The molecule has 0 bridgehead atoms. The molecular formula is C11H12ClN3S3. The summed E-state index contributed by atoms with van der Waals surface area (Å²) in [6, 6.07) is 7.56. The van der Waals surface area contributed by atoms with Crippen molar-refractivity contribution < 1.29 is 0 Å². The molecule has 0 aliphatic heterocycles. The lowest BCUT2D eigenvalue weighted by molar-refractivity contribution is 1.01. The standard InChI is InChI=1S/C11H12ClN3S3/c1-16-5-6-17-11-15-14-10(18-11)13-9-4-2-3-8(12)7-9/h2-4,7H,5-6H2,1H3,(H,13,14). The lowest BCUT2D eigenvalue weighted by atomic mass is 10.3. The van der Waals surface area contributed by atoms with Gasteiger partial charge in [-0.25, -0.2) is 0 Å². The number of thioether (sulfide) groups is 2. The largest absolute Gasteiger partial charge is 0.330 e. The molecule has 2 rings (SSSR count). The van der Waals surface area contributed by atoms with Crippen LogP contribution in [-0.2, 0) is 0 Å². The summed E-state index contributed by atoms with van der Waals surface area (Å²) in [6.45, 7) is 0. The third kappa shape index (κ3) is 4.35. The van der Waals surface area contributed by atoms with Crippen molar-refractivity contribution in [3.8, 4) is 0 Å². The van der Waals surface area contributed by atoms with Crippen molar-refractivity contribution in [3.63, 3.8) is 0 Å². The van der Waals surface area contributed by atoms with Crippen molar-refractivity contribution in [3.05, 3.63) is 29.3 Å². The maximum atomic E-state index is 5.92. The van der Waals surface area contributed by atoms with Gasteiger partial charge in [-0.3, -0.25) is 0 Å². The van der Waals surface area contributed by atoms with Crippen LogP contribution >= 0.6 is 46.5 Å². The summed E-state index contributed by atoms with van der Waals surface area (Å²) in [5.41, 5.74) is 0.930. The molecule has 1 aromatic carbocycles. The highest BCUT2D eigenvalue weighted by molar-refractivity contribution is 8.03. The third-order valence-electron chi connectivity index (χ3n) is 2.00. The van der Waals surface area contributed by atoms with Crippen molar-refractivity contribution in [2.45, 2.75) is 4.34 Å². The first-order valence-corrected chi connectivity index (χ1v) is 8.83. The van der Waals surface area contributed by atoms with Crippen LogP contribution in [0.3, 0.4) is 0 Å². The second kappa shape index (κ2) is 7.23. The molecule has 2 aromatic rings. The Labute approximate surface area is 124 Å². The second-order valence-corrected chi connectivity index (χ2v) is 7.09. The Kier molecular flexibility index (Phi) is 5.62. The molecule has 0 amide bonds. The van der Waals surface area contributed by atoms with Crippen LogP contribution in [0.5, 0.6) is 0 Å². The summed E-state index contributed by atoms with van der Waals surface area (Å²) < 4.78 is 0.994. The first-order valence-electron chi connectivity index (χ1n) is 5.26. The Morgan fingerprint density at radius 3 is 3.00 bits per heavy atom. The van der Waals surface area contributed by atoms with E-state index in [0.717, 1.165) is 26.7 Å². The van der Waals surface area contributed by atoms with Crippen LogP contribution in [0.25, 0.3) is 0 Å². The van der Waals surface area contributed by atoms with Gasteiger partial charge < -0.3 is 5.32 Å². The van der Waals surface area contributed by atoms with Crippen molar-refractivity contribution in [2.75, 3.05) is 23.1 Å². The molecule has 96 valence electrons. The number of benzene rings is 1. The summed E-state index contributed by atoms with van der Waals surface area (Å²) in [5, 5.41) is 12.9. The first kappa shape index (κ1) is 14.0. The lowest BCUT2D eigenvalue weighted by Crippen LogP contribution is -1.88. The lowest BCUT2D eigenvalue weighted by Gasteiger charge is -2.01. The zero-order valence-corrected chi connectivity index (χ0v) is 12.9. The molecule has 0 fully saturated rings. The molecule has 0 spiro atoms. The van der Waals surface area contributed by atoms with E-state index < -0.39 is 0 Å². The molecule has 7 heteroatoms. The van der Waals surface area contributed by atoms with E-state index >= 15 is 0 Å². The zero-order valence-electron chi connectivity index (χ0n) is 9.72. The van der Waals surface area contributed by atoms with Crippen molar-refractivity contribution >= 4 is 57.3 Å². The van der Waals surface area contributed by atoms with Crippen LogP contribution in [-0.4, -0.2) is 28.0 Å². The normalized spacial score (nSPS) is 10.6. The maximum absolute atomic E-state index is 5.92. The highest BCUT2D eigenvalue weighted by Gasteiger charge is 2.05. The highest BCUT2D eigenvalue weighted by Crippen LogP contribution is 2.28. The van der Waals surface area contributed by atoms with Gasteiger partial charge in [0.1, 0.15) is 0 Å². The van der Waals surface area contributed by atoms with Crippen molar-refractivity contribution in [1.29, 1.82) is 0 Å². The number of anilines is 2. The third-order valence-corrected chi connectivity index (χ3v) is 5.07. The molecule has 3 nitrogen and oxygen atoms in total. The molecule has 0 atom stereocenters. The summed E-state index contributed by atoms with van der Waals surface area (Å²) in [4.78, 5) is 0. The predicted octanol–water partition coefficient (Wildman–Crippen LogP) is 4.39. The molecule has 0 saturated carbocycles. The van der Waals surface area contributed by atoms with Gasteiger partial charge in [0.15, 0.2) is 4.34 Å². The van der Waals surface area contributed by atoms with E-state index in [-0.39, 0.29) is 0 Å². The van der Waals surface area contributed by atoms with Gasteiger partial charge in [-0.1, -0.05) is 40.8 Å². The minimum Gasteiger partial charge on any atom is -0.330 e. The summed E-state index contributed by atoms with van der Waals surface area (Å²) >= 11 is 11.1. The average Bonchev–Trinajstić information content (AvgIpc) is 2.77. The van der Waals surface area contributed by atoms with E-state index in [1.165, 1.54) is 0 Å². The van der Waals surface area contributed by atoms with Gasteiger partial charge in [-0.15, -0.1) is 10.2 Å². The summed E-state index contributed by atoms with van der Waals surface area (Å²) in [5.74, 6) is 2.19. The quantitative estimate of drug-likeness (QED) is 0.632. The smallest absolute Gasteiger partial charge is 0.210 e. The molecule has 0 aliphatic rings. The maximum Gasteiger partial charge on any atom is 0.210 e. The van der Waals surface area contributed by atoms with Crippen LogP contribution in [0.4, 0.5) is 10.8 Å². The summed E-state index contributed by atoms with van der Waals surface area (Å²) in [7, 11) is 0. The molecule has 1 aromatic heterocycles. The van der Waals surface area contributed by atoms with Gasteiger partial charge in [0, 0.05) is 22.2 Å². The van der Waals surface area contributed by atoms with Gasteiger partial charge >= 0.3 is 0 Å². The fraction of sp³-hybridized carbons (Fsp3) is 0.273. The fourth-order valence-electron chi connectivity index (χ4n) is 1.22. The topological polar surface area (TPSA) is 37.8 Å². The van der Waals surface area contributed by atoms with Crippen LogP contribution in [0.2, 0.25) is 5.02 Å². The van der Waals surface area contributed by atoms with Crippen LogP contribution in [0.1, 0.15) is 0 Å². The van der Waals surface area contributed by atoms with E-state index in [1.54, 1.807) is 23.1 Å². The van der Waals surface area contributed by atoms with Crippen LogP contribution in [0.15, 0.2) is 28.6 Å².